The number of ether oxygens (including phenoxy) is 1. The fourth-order valence-corrected chi connectivity index (χ4v) is 2.57. The molecule has 11 heteroatoms. The van der Waals surface area contributed by atoms with Crippen LogP contribution in [0.1, 0.15) is 5.69 Å². The minimum atomic E-state index is -5.17. The smallest absolute Gasteiger partial charge is 0.449 e. The maximum absolute atomic E-state index is 12.8. The molecule has 0 aliphatic rings. The summed E-state index contributed by atoms with van der Waals surface area (Å²) >= 11 is 1.02. The van der Waals surface area contributed by atoms with Crippen molar-refractivity contribution < 1.29 is 31.9 Å². The van der Waals surface area contributed by atoms with Gasteiger partial charge in [-0.3, -0.25) is 10.1 Å². The number of thiazole rings is 1. The average molecular weight is 363 g/mol. The van der Waals surface area contributed by atoms with Crippen LogP contribution in [0.25, 0.3) is 10.4 Å². The first-order chi connectivity index (χ1) is 11.2. The Morgan fingerprint density at radius 2 is 2.04 bits per heavy atom. The summed E-state index contributed by atoms with van der Waals surface area (Å²) in [5.74, 6) is -4.07. The topological polar surface area (TPSA) is 81.2 Å². The zero-order valence-electron chi connectivity index (χ0n) is 12.0. The highest BCUT2D eigenvalue weighted by Gasteiger charge is 2.41. The highest BCUT2D eigenvalue weighted by atomic mass is 32.1. The molecular formula is C13H9F4N3O3S. The lowest BCUT2D eigenvalue weighted by molar-refractivity contribution is -0.199. The Morgan fingerprint density at radius 1 is 1.33 bits per heavy atom. The van der Waals surface area contributed by atoms with Crippen molar-refractivity contribution in [1.82, 2.24) is 9.97 Å². The summed E-state index contributed by atoms with van der Waals surface area (Å²) in [5, 5.41) is 2.32. The molecule has 2 aromatic heterocycles. The largest absolute Gasteiger partial charge is 0.490 e. The van der Waals surface area contributed by atoms with E-state index in [-0.39, 0.29) is 5.13 Å². The summed E-state index contributed by atoms with van der Waals surface area (Å²) in [4.78, 5) is 30.1. The van der Waals surface area contributed by atoms with E-state index in [1.54, 1.807) is 6.92 Å². The number of aromatic nitrogens is 2. The Labute approximate surface area is 136 Å². The SMILES string of the molecule is Cc1nc(NC(=O)COC(=O)C(F)(F)F)sc1-c1ccc(F)nc1. The first-order valence-electron chi connectivity index (χ1n) is 6.30. The van der Waals surface area contributed by atoms with Crippen molar-refractivity contribution in [3.05, 3.63) is 30.0 Å². The van der Waals surface area contributed by atoms with Crippen molar-refractivity contribution in [3.63, 3.8) is 0 Å². The van der Waals surface area contributed by atoms with Crippen molar-refractivity contribution >= 4 is 28.3 Å². The zero-order chi connectivity index (χ0) is 17.9. The lowest BCUT2D eigenvalue weighted by Crippen LogP contribution is -2.29. The van der Waals surface area contributed by atoms with Gasteiger partial charge in [-0.05, 0) is 19.1 Å². The number of nitrogens with zero attached hydrogens (tertiary/aromatic N) is 2. The van der Waals surface area contributed by atoms with Crippen molar-refractivity contribution in [2.45, 2.75) is 13.1 Å². The van der Waals surface area contributed by atoms with Crippen molar-refractivity contribution in [2.75, 3.05) is 11.9 Å². The van der Waals surface area contributed by atoms with Gasteiger partial charge in [-0.1, -0.05) is 11.3 Å². The van der Waals surface area contributed by atoms with Crippen molar-refractivity contribution in [2.24, 2.45) is 0 Å². The van der Waals surface area contributed by atoms with Gasteiger partial charge in [0.1, 0.15) is 0 Å². The molecule has 0 saturated heterocycles. The van der Waals surface area contributed by atoms with Crippen molar-refractivity contribution in [3.8, 4) is 10.4 Å². The van der Waals surface area contributed by atoms with Gasteiger partial charge in [-0.25, -0.2) is 14.8 Å². The second-order valence-electron chi connectivity index (χ2n) is 4.43. The molecule has 0 aromatic carbocycles. The summed E-state index contributed by atoms with van der Waals surface area (Å²) in [6, 6.07) is 2.63. The molecule has 0 spiro atoms. The molecule has 128 valence electrons. The fourth-order valence-electron chi connectivity index (χ4n) is 1.60. The molecular weight excluding hydrogens is 354 g/mol. The average Bonchev–Trinajstić information content (AvgIpc) is 2.85. The number of rotatable bonds is 4. The third-order valence-corrected chi connectivity index (χ3v) is 3.72. The Morgan fingerprint density at radius 3 is 2.62 bits per heavy atom. The monoisotopic (exact) mass is 363 g/mol. The van der Waals surface area contributed by atoms with E-state index in [4.69, 9.17) is 0 Å². The molecule has 0 atom stereocenters. The molecule has 0 bridgehead atoms. The number of hydrogen-bond donors (Lipinski definition) is 1. The number of halogens is 4. The molecule has 0 unspecified atom stereocenters. The molecule has 1 N–H and O–H groups in total. The number of aryl methyl sites for hydroxylation is 1. The standard InChI is InChI=1S/C13H9F4N3O3S/c1-6-10(7-2-3-8(14)18-4-7)24-12(19-6)20-9(21)5-23-11(22)13(15,16)17/h2-4H,5H2,1H3,(H,19,20,21). The molecule has 2 rings (SSSR count). The lowest BCUT2D eigenvalue weighted by Gasteiger charge is -2.06. The third-order valence-electron chi connectivity index (χ3n) is 2.60. The molecule has 0 aliphatic heterocycles. The minimum Gasteiger partial charge on any atom is -0.449 e. The lowest BCUT2D eigenvalue weighted by atomic mass is 10.2. The number of nitrogens with one attached hydrogen (secondary N) is 1. The third kappa shape index (κ3) is 4.47. The van der Waals surface area contributed by atoms with E-state index >= 15 is 0 Å². The van der Waals surface area contributed by atoms with E-state index in [1.165, 1.54) is 12.3 Å². The van der Waals surface area contributed by atoms with Crippen LogP contribution >= 0.6 is 11.3 Å². The fraction of sp³-hybridized carbons (Fsp3) is 0.231. The minimum absolute atomic E-state index is 0.0971. The Hall–Kier alpha value is -2.56. The molecule has 6 nitrogen and oxygen atoms in total. The van der Waals surface area contributed by atoms with E-state index in [1.807, 2.05) is 0 Å². The van der Waals surface area contributed by atoms with E-state index in [9.17, 15) is 27.2 Å². The summed E-state index contributed by atoms with van der Waals surface area (Å²) in [7, 11) is 0. The number of amides is 1. The van der Waals surface area contributed by atoms with Gasteiger partial charge < -0.3 is 4.74 Å². The zero-order valence-corrected chi connectivity index (χ0v) is 12.8. The highest BCUT2D eigenvalue weighted by Crippen LogP contribution is 2.32. The van der Waals surface area contributed by atoms with Gasteiger partial charge in [0.2, 0.25) is 5.95 Å². The number of hydrogen-bond acceptors (Lipinski definition) is 6. The molecule has 2 aromatic rings. The number of carbonyl (C=O) groups is 2. The summed E-state index contributed by atoms with van der Waals surface area (Å²) in [5.41, 5.74) is 1.08. The van der Waals surface area contributed by atoms with Gasteiger partial charge in [0.05, 0.1) is 10.6 Å². The Bertz CT molecular complexity index is 759. The predicted octanol–water partition coefficient (Wildman–Crippen LogP) is 2.70. The summed E-state index contributed by atoms with van der Waals surface area (Å²) < 4.78 is 52.5. The van der Waals surface area contributed by atoms with Crippen LogP contribution in [-0.2, 0) is 14.3 Å². The van der Waals surface area contributed by atoms with Crippen LogP contribution in [0, 0.1) is 12.9 Å². The molecule has 2 heterocycles. The van der Waals surface area contributed by atoms with Gasteiger partial charge >= 0.3 is 12.1 Å². The quantitative estimate of drug-likeness (QED) is 0.513. The van der Waals surface area contributed by atoms with E-state index < -0.39 is 30.6 Å². The van der Waals surface area contributed by atoms with Crippen LogP contribution < -0.4 is 5.32 Å². The van der Waals surface area contributed by atoms with Crippen LogP contribution in [-0.4, -0.2) is 34.6 Å². The second kappa shape index (κ2) is 6.91. The first-order valence-corrected chi connectivity index (χ1v) is 7.11. The molecule has 24 heavy (non-hydrogen) atoms. The normalized spacial score (nSPS) is 11.2. The molecule has 0 saturated carbocycles. The number of esters is 1. The van der Waals surface area contributed by atoms with Crippen LogP contribution in [0.4, 0.5) is 22.7 Å². The number of carbonyl (C=O) groups excluding carboxylic acids is 2. The van der Waals surface area contributed by atoms with Crippen LogP contribution in [0.15, 0.2) is 18.3 Å². The predicted molar refractivity (Wildman–Crippen MR) is 75.7 cm³/mol. The maximum Gasteiger partial charge on any atom is 0.490 e. The van der Waals surface area contributed by atoms with Gasteiger partial charge in [0, 0.05) is 11.8 Å². The molecule has 1 amide bonds. The number of pyridine rings is 1. The highest BCUT2D eigenvalue weighted by molar-refractivity contribution is 7.19. The first kappa shape index (κ1) is 17.8. The van der Waals surface area contributed by atoms with Gasteiger partial charge in [0.15, 0.2) is 11.7 Å². The van der Waals surface area contributed by atoms with Gasteiger partial charge in [-0.15, -0.1) is 0 Å². The molecule has 0 radical (unpaired) electrons. The number of anilines is 1. The molecule has 0 fully saturated rings. The summed E-state index contributed by atoms with van der Waals surface area (Å²) in [6.45, 7) is 0.541. The Kier molecular flexibility index (Phi) is 5.12. The maximum atomic E-state index is 12.8. The van der Waals surface area contributed by atoms with Gasteiger partial charge in [0.25, 0.3) is 5.91 Å². The van der Waals surface area contributed by atoms with Crippen LogP contribution in [0.3, 0.4) is 0 Å². The van der Waals surface area contributed by atoms with Crippen molar-refractivity contribution in [1.29, 1.82) is 0 Å². The van der Waals surface area contributed by atoms with E-state index in [0.717, 1.165) is 17.4 Å². The number of alkyl halides is 3. The second-order valence-corrected chi connectivity index (χ2v) is 5.42. The van der Waals surface area contributed by atoms with E-state index in [2.05, 4.69) is 20.0 Å². The van der Waals surface area contributed by atoms with Crippen LogP contribution in [0.5, 0.6) is 0 Å². The molecule has 0 aliphatic carbocycles. The van der Waals surface area contributed by atoms with E-state index in [0.29, 0.717) is 16.1 Å². The van der Waals surface area contributed by atoms with Crippen LogP contribution in [0.2, 0.25) is 0 Å². The summed E-state index contributed by atoms with van der Waals surface area (Å²) in [6.07, 6.45) is -3.88. The van der Waals surface area contributed by atoms with Gasteiger partial charge in [-0.2, -0.15) is 17.6 Å². The Balaban J connectivity index is 2.01.